The van der Waals surface area contributed by atoms with Gasteiger partial charge >= 0.3 is 0 Å². The quantitative estimate of drug-likeness (QED) is 0.425. The average molecular weight is 464 g/mol. The summed E-state index contributed by atoms with van der Waals surface area (Å²) >= 11 is 2.24. The van der Waals surface area contributed by atoms with Crippen LogP contribution in [0.5, 0.6) is 11.5 Å². The van der Waals surface area contributed by atoms with Gasteiger partial charge < -0.3 is 13.9 Å². The lowest BCUT2D eigenvalue weighted by Gasteiger charge is -2.12. The third-order valence-electron chi connectivity index (χ3n) is 3.84. The van der Waals surface area contributed by atoms with Crippen molar-refractivity contribution in [2.24, 2.45) is 0 Å². The first-order chi connectivity index (χ1) is 12.6. The number of hydrogen-bond acceptors (Lipinski definition) is 4. The second-order valence-electron chi connectivity index (χ2n) is 5.95. The van der Waals surface area contributed by atoms with E-state index in [0.29, 0.717) is 41.4 Å². The maximum Gasteiger partial charge on any atom is 0.197 e. The number of ether oxygens (including phenoxy) is 2. The topological polar surface area (TPSA) is 48.7 Å². The molecule has 0 spiro atoms. The Bertz CT molecular complexity index is 962. The molecule has 0 saturated carbocycles. The number of halogens is 1. The first kappa shape index (κ1) is 18.8. The number of fused-ring (bicyclic) bond motifs is 1. The van der Waals surface area contributed by atoms with Crippen LogP contribution in [0.2, 0.25) is 0 Å². The van der Waals surface area contributed by atoms with Gasteiger partial charge in [-0.05, 0) is 41.5 Å². The molecule has 0 aliphatic carbocycles. The summed E-state index contributed by atoms with van der Waals surface area (Å²) in [5, 5.41) is 0.456. The Balaban J connectivity index is 2.18. The van der Waals surface area contributed by atoms with Gasteiger partial charge in [0.1, 0.15) is 28.2 Å². The third-order valence-corrected chi connectivity index (χ3v) is 4.78. The summed E-state index contributed by atoms with van der Waals surface area (Å²) < 4.78 is 18.7. The third kappa shape index (κ3) is 4.03. The van der Waals surface area contributed by atoms with Gasteiger partial charge in [-0.25, -0.2) is 0 Å². The van der Waals surface area contributed by atoms with Crippen LogP contribution in [0.1, 0.15) is 26.7 Å². The molecule has 0 radical (unpaired) electrons. The minimum atomic E-state index is -0.117. The summed E-state index contributed by atoms with van der Waals surface area (Å²) in [6.07, 6.45) is 1.75. The van der Waals surface area contributed by atoms with E-state index in [0.717, 1.165) is 22.0 Å². The molecule has 136 valence electrons. The maximum atomic E-state index is 12.8. The van der Waals surface area contributed by atoms with Crippen LogP contribution in [-0.4, -0.2) is 13.2 Å². The van der Waals surface area contributed by atoms with Crippen LogP contribution < -0.4 is 14.9 Å². The fourth-order valence-corrected chi connectivity index (χ4v) is 3.30. The molecule has 1 aromatic heterocycles. The molecule has 0 aliphatic heterocycles. The van der Waals surface area contributed by atoms with Crippen LogP contribution in [0, 0.1) is 3.57 Å². The van der Waals surface area contributed by atoms with Crippen molar-refractivity contribution in [3.63, 3.8) is 0 Å². The number of hydrogen-bond donors (Lipinski definition) is 0. The van der Waals surface area contributed by atoms with Crippen molar-refractivity contribution in [3.8, 4) is 22.8 Å². The van der Waals surface area contributed by atoms with Crippen molar-refractivity contribution in [2.45, 2.75) is 26.7 Å². The Labute approximate surface area is 166 Å². The molecule has 0 bridgehead atoms. The standard InChI is InChI=1S/C21H21IO4/c1-3-9-24-14-11-19(25-10-4-2)21-17(23)13-18(26-20(21)12-14)15-7-5-6-8-16(15)22/h5-8,11-13H,3-4,9-10H2,1-2H3. The summed E-state index contributed by atoms with van der Waals surface area (Å²) in [4.78, 5) is 12.8. The van der Waals surface area contributed by atoms with E-state index < -0.39 is 0 Å². The van der Waals surface area contributed by atoms with Gasteiger partial charge in [0.2, 0.25) is 0 Å². The molecule has 5 heteroatoms. The molecule has 0 aliphatic rings. The van der Waals surface area contributed by atoms with Crippen molar-refractivity contribution >= 4 is 33.6 Å². The van der Waals surface area contributed by atoms with Gasteiger partial charge in [-0.1, -0.05) is 32.0 Å². The highest BCUT2D eigenvalue weighted by atomic mass is 127. The molecular formula is C21H21IO4. The Hall–Kier alpha value is -2.02. The number of benzene rings is 2. The molecule has 1 heterocycles. The molecule has 0 fully saturated rings. The number of rotatable bonds is 7. The Morgan fingerprint density at radius 1 is 1.00 bits per heavy atom. The lowest BCUT2D eigenvalue weighted by atomic mass is 10.1. The Kier molecular flexibility index (Phi) is 6.19. The normalized spacial score (nSPS) is 10.9. The molecule has 4 nitrogen and oxygen atoms in total. The van der Waals surface area contributed by atoms with E-state index in [1.54, 1.807) is 12.1 Å². The molecule has 26 heavy (non-hydrogen) atoms. The van der Waals surface area contributed by atoms with E-state index in [2.05, 4.69) is 22.6 Å². The van der Waals surface area contributed by atoms with E-state index in [1.165, 1.54) is 6.07 Å². The van der Waals surface area contributed by atoms with Crippen LogP contribution in [0.25, 0.3) is 22.3 Å². The van der Waals surface area contributed by atoms with E-state index in [1.807, 2.05) is 38.1 Å². The Morgan fingerprint density at radius 2 is 1.73 bits per heavy atom. The zero-order valence-corrected chi connectivity index (χ0v) is 17.0. The van der Waals surface area contributed by atoms with Crippen LogP contribution >= 0.6 is 22.6 Å². The van der Waals surface area contributed by atoms with Gasteiger partial charge in [0, 0.05) is 27.3 Å². The average Bonchev–Trinajstić information content (AvgIpc) is 2.64. The molecular weight excluding hydrogens is 443 g/mol. The maximum absolute atomic E-state index is 12.8. The molecule has 2 aromatic carbocycles. The predicted molar refractivity (Wildman–Crippen MR) is 112 cm³/mol. The SMILES string of the molecule is CCCOc1cc(OCCC)c2c(=O)cc(-c3ccccc3I)oc2c1. The zero-order valence-electron chi connectivity index (χ0n) is 14.9. The van der Waals surface area contributed by atoms with Crippen molar-refractivity contribution in [3.05, 3.63) is 56.3 Å². The second kappa shape index (κ2) is 8.58. The molecule has 0 N–H and O–H groups in total. The summed E-state index contributed by atoms with van der Waals surface area (Å²) in [6.45, 7) is 5.20. The minimum Gasteiger partial charge on any atom is -0.493 e. The minimum absolute atomic E-state index is 0.117. The lowest BCUT2D eigenvalue weighted by molar-refractivity contribution is 0.303. The first-order valence-electron chi connectivity index (χ1n) is 8.76. The van der Waals surface area contributed by atoms with E-state index >= 15 is 0 Å². The van der Waals surface area contributed by atoms with E-state index in [9.17, 15) is 4.79 Å². The second-order valence-corrected chi connectivity index (χ2v) is 7.11. The zero-order chi connectivity index (χ0) is 18.5. The molecule has 0 unspecified atom stereocenters. The van der Waals surface area contributed by atoms with Crippen molar-refractivity contribution in [1.82, 2.24) is 0 Å². The van der Waals surface area contributed by atoms with Gasteiger partial charge in [0.25, 0.3) is 0 Å². The van der Waals surface area contributed by atoms with Gasteiger partial charge in [-0.15, -0.1) is 0 Å². The fourth-order valence-electron chi connectivity index (χ4n) is 2.65. The van der Waals surface area contributed by atoms with Crippen LogP contribution in [0.3, 0.4) is 0 Å². The van der Waals surface area contributed by atoms with Crippen molar-refractivity contribution < 1.29 is 13.9 Å². The summed E-state index contributed by atoms with van der Waals surface area (Å²) in [5.74, 6) is 1.70. The van der Waals surface area contributed by atoms with Gasteiger partial charge in [0.15, 0.2) is 5.43 Å². The highest BCUT2D eigenvalue weighted by Crippen LogP contribution is 2.33. The van der Waals surface area contributed by atoms with Gasteiger partial charge in [-0.3, -0.25) is 4.79 Å². The fraction of sp³-hybridized carbons (Fsp3) is 0.286. The van der Waals surface area contributed by atoms with Crippen molar-refractivity contribution in [2.75, 3.05) is 13.2 Å². The largest absolute Gasteiger partial charge is 0.493 e. The van der Waals surface area contributed by atoms with Gasteiger partial charge in [-0.2, -0.15) is 0 Å². The van der Waals surface area contributed by atoms with Crippen molar-refractivity contribution in [1.29, 1.82) is 0 Å². The molecule has 3 aromatic rings. The lowest BCUT2D eigenvalue weighted by Crippen LogP contribution is -2.06. The van der Waals surface area contributed by atoms with Crippen LogP contribution in [-0.2, 0) is 0 Å². The summed E-state index contributed by atoms with van der Waals surface area (Å²) in [5.41, 5.74) is 1.25. The molecule has 3 rings (SSSR count). The van der Waals surface area contributed by atoms with Crippen LogP contribution in [0.4, 0.5) is 0 Å². The predicted octanol–water partition coefficient (Wildman–Crippen LogP) is 5.64. The Morgan fingerprint density at radius 3 is 2.46 bits per heavy atom. The van der Waals surface area contributed by atoms with E-state index in [-0.39, 0.29) is 5.43 Å². The summed E-state index contributed by atoms with van der Waals surface area (Å²) in [6, 6.07) is 12.9. The molecule has 0 saturated heterocycles. The highest BCUT2D eigenvalue weighted by molar-refractivity contribution is 14.1. The van der Waals surface area contributed by atoms with E-state index in [4.69, 9.17) is 13.9 Å². The van der Waals surface area contributed by atoms with Crippen LogP contribution in [0.15, 0.2) is 51.7 Å². The first-order valence-corrected chi connectivity index (χ1v) is 9.84. The van der Waals surface area contributed by atoms with Gasteiger partial charge in [0.05, 0.1) is 13.2 Å². The monoisotopic (exact) mass is 464 g/mol. The molecule has 0 atom stereocenters. The highest BCUT2D eigenvalue weighted by Gasteiger charge is 2.15. The summed E-state index contributed by atoms with van der Waals surface area (Å²) in [7, 11) is 0. The smallest absolute Gasteiger partial charge is 0.197 e. The molecule has 0 amide bonds.